The van der Waals surface area contributed by atoms with Crippen LogP contribution in [0.25, 0.3) is 28.0 Å². The molecule has 0 saturated heterocycles. The largest absolute Gasteiger partial charge is 0.332 e. The van der Waals surface area contributed by atoms with Crippen LogP contribution >= 0.6 is 0 Å². The van der Waals surface area contributed by atoms with E-state index in [1.54, 1.807) is 12.1 Å². The standard InChI is InChI=1S/C24H22N6O4S/c1-24(2,3)15-10-18-22(20(11-15)30-8-7-21(31)28-23(30)32)26-13-19(27-18)17-6-5-16(9-14(17)12-25)29-35(4,33)34/h5-11,13,29H,1-4H3,(H,28,31,32). The zero-order valence-corrected chi connectivity index (χ0v) is 20.3. The molecule has 0 radical (unpaired) electrons. The lowest BCUT2D eigenvalue weighted by molar-refractivity contribution is 0.590. The molecule has 0 spiro atoms. The SMILES string of the molecule is CC(C)(C)c1cc(-n2ccc(=O)[nH]c2=O)c2ncc(-c3ccc(NS(C)(=O)=O)cc3C#N)nc2c1. The molecule has 0 saturated carbocycles. The minimum Gasteiger partial charge on any atom is -0.284 e. The molecule has 0 amide bonds. The summed E-state index contributed by atoms with van der Waals surface area (Å²) in [7, 11) is -3.50. The summed E-state index contributed by atoms with van der Waals surface area (Å²) in [5.41, 5.74) is 2.24. The van der Waals surface area contributed by atoms with Gasteiger partial charge in [-0.25, -0.2) is 18.2 Å². The summed E-state index contributed by atoms with van der Waals surface area (Å²) >= 11 is 0. The van der Waals surface area contributed by atoms with Gasteiger partial charge in [0.1, 0.15) is 5.52 Å². The van der Waals surface area contributed by atoms with Gasteiger partial charge in [0.05, 0.1) is 41.0 Å². The molecule has 0 atom stereocenters. The van der Waals surface area contributed by atoms with E-state index < -0.39 is 21.3 Å². The van der Waals surface area contributed by atoms with Crippen molar-refractivity contribution in [2.75, 3.05) is 11.0 Å². The molecular formula is C24H22N6O4S. The zero-order valence-electron chi connectivity index (χ0n) is 19.4. The first-order valence-electron chi connectivity index (χ1n) is 10.5. The minimum atomic E-state index is -3.50. The molecule has 0 fully saturated rings. The Hall–Kier alpha value is -4.30. The Morgan fingerprint density at radius 1 is 1.11 bits per heavy atom. The fourth-order valence-electron chi connectivity index (χ4n) is 3.60. The van der Waals surface area contributed by atoms with Gasteiger partial charge in [-0.2, -0.15) is 5.26 Å². The molecule has 2 N–H and O–H groups in total. The molecule has 2 aromatic heterocycles. The maximum atomic E-state index is 12.5. The number of hydrogen-bond acceptors (Lipinski definition) is 7. The Kier molecular flexibility index (Phi) is 5.78. The molecule has 4 aromatic rings. The number of hydrogen-bond donors (Lipinski definition) is 2. The van der Waals surface area contributed by atoms with Crippen LogP contribution < -0.4 is 16.0 Å². The molecule has 0 aliphatic heterocycles. The minimum absolute atomic E-state index is 0.219. The van der Waals surface area contributed by atoms with E-state index in [1.165, 1.54) is 29.1 Å². The Bertz CT molecular complexity index is 1740. The van der Waals surface area contributed by atoms with Gasteiger partial charge in [-0.1, -0.05) is 20.8 Å². The highest BCUT2D eigenvalue weighted by Gasteiger charge is 2.20. The van der Waals surface area contributed by atoms with Crippen molar-refractivity contribution in [3.05, 3.63) is 80.8 Å². The lowest BCUT2D eigenvalue weighted by Gasteiger charge is -2.21. The van der Waals surface area contributed by atoms with E-state index in [0.29, 0.717) is 28.0 Å². The van der Waals surface area contributed by atoms with Crippen LogP contribution in [-0.2, 0) is 15.4 Å². The highest BCUT2D eigenvalue weighted by molar-refractivity contribution is 7.92. The summed E-state index contributed by atoms with van der Waals surface area (Å²) in [6, 6.07) is 11.6. The number of nitrogens with one attached hydrogen (secondary N) is 2. The Morgan fingerprint density at radius 2 is 1.86 bits per heavy atom. The number of fused-ring (bicyclic) bond motifs is 1. The van der Waals surface area contributed by atoms with Crippen molar-refractivity contribution in [3.8, 4) is 23.0 Å². The van der Waals surface area contributed by atoms with Gasteiger partial charge in [-0.05, 0) is 41.3 Å². The molecule has 178 valence electrons. The number of H-pyrrole nitrogens is 1. The van der Waals surface area contributed by atoms with Crippen LogP contribution in [0.5, 0.6) is 0 Å². The van der Waals surface area contributed by atoms with Gasteiger partial charge in [0.25, 0.3) is 5.56 Å². The van der Waals surface area contributed by atoms with E-state index in [-0.39, 0.29) is 16.7 Å². The molecular weight excluding hydrogens is 468 g/mol. The monoisotopic (exact) mass is 490 g/mol. The number of sulfonamides is 1. The maximum absolute atomic E-state index is 12.5. The van der Waals surface area contributed by atoms with Crippen LogP contribution in [0, 0.1) is 11.3 Å². The van der Waals surface area contributed by atoms with Crippen molar-refractivity contribution in [3.63, 3.8) is 0 Å². The number of anilines is 1. The third-order valence-electron chi connectivity index (χ3n) is 5.30. The van der Waals surface area contributed by atoms with Crippen molar-refractivity contribution in [1.29, 1.82) is 5.26 Å². The summed E-state index contributed by atoms with van der Waals surface area (Å²) in [6.07, 6.45) is 3.90. The smallest absolute Gasteiger partial charge is 0.284 e. The van der Waals surface area contributed by atoms with E-state index in [4.69, 9.17) is 4.98 Å². The van der Waals surface area contributed by atoms with Crippen molar-refractivity contribution < 1.29 is 8.42 Å². The number of aromatic amines is 1. The van der Waals surface area contributed by atoms with Gasteiger partial charge in [0, 0.05) is 23.5 Å². The van der Waals surface area contributed by atoms with Gasteiger partial charge in [0.2, 0.25) is 10.0 Å². The Balaban J connectivity index is 1.95. The van der Waals surface area contributed by atoms with Gasteiger partial charge in [0.15, 0.2) is 0 Å². The number of benzene rings is 2. The third-order valence-corrected chi connectivity index (χ3v) is 5.90. The van der Waals surface area contributed by atoms with E-state index in [0.717, 1.165) is 11.8 Å². The van der Waals surface area contributed by atoms with Crippen LogP contribution in [-0.4, -0.2) is 34.2 Å². The number of nitriles is 1. The molecule has 0 aliphatic rings. The first-order chi connectivity index (χ1) is 16.4. The van der Waals surface area contributed by atoms with Gasteiger partial charge in [-0.15, -0.1) is 0 Å². The number of aromatic nitrogens is 4. The summed E-state index contributed by atoms with van der Waals surface area (Å²) < 4.78 is 26.7. The summed E-state index contributed by atoms with van der Waals surface area (Å²) in [5.74, 6) is 0. The van der Waals surface area contributed by atoms with Crippen molar-refractivity contribution >= 4 is 26.7 Å². The molecule has 35 heavy (non-hydrogen) atoms. The van der Waals surface area contributed by atoms with Crippen LogP contribution in [0.3, 0.4) is 0 Å². The molecule has 2 aromatic carbocycles. The van der Waals surface area contributed by atoms with Crippen LogP contribution in [0.2, 0.25) is 0 Å². The topological polar surface area (TPSA) is 151 Å². The fraction of sp³-hybridized carbons (Fsp3) is 0.208. The van der Waals surface area contributed by atoms with Gasteiger partial charge in [-0.3, -0.25) is 24.1 Å². The van der Waals surface area contributed by atoms with Crippen molar-refractivity contribution in [2.24, 2.45) is 0 Å². The predicted molar refractivity (Wildman–Crippen MR) is 133 cm³/mol. The molecule has 0 aliphatic carbocycles. The van der Waals surface area contributed by atoms with E-state index >= 15 is 0 Å². The fourth-order valence-corrected chi connectivity index (χ4v) is 4.15. The number of nitrogens with zero attached hydrogens (tertiary/aromatic N) is 4. The summed E-state index contributed by atoms with van der Waals surface area (Å²) in [4.78, 5) is 35.6. The second-order valence-corrected chi connectivity index (χ2v) is 10.8. The van der Waals surface area contributed by atoms with Crippen molar-refractivity contribution in [1.82, 2.24) is 19.5 Å². The molecule has 2 heterocycles. The van der Waals surface area contributed by atoms with E-state index in [9.17, 15) is 23.3 Å². The first kappa shape index (κ1) is 23.8. The highest BCUT2D eigenvalue weighted by Crippen LogP contribution is 2.31. The average Bonchev–Trinajstić information content (AvgIpc) is 2.76. The first-order valence-corrected chi connectivity index (χ1v) is 12.4. The predicted octanol–water partition coefficient (Wildman–Crippen LogP) is 2.68. The molecule has 11 heteroatoms. The van der Waals surface area contributed by atoms with Crippen LogP contribution in [0.15, 0.2) is 58.4 Å². The third kappa shape index (κ3) is 4.97. The van der Waals surface area contributed by atoms with Gasteiger partial charge < -0.3 is 0 Å². The van der Waals surface area contributed by atoms with Crippen LogP contribution in [0.4, 0.5) is 5.69 Å². The zero-order chi connectivity index (χ0) is 25.5. The summed E-state index contributed by atoms with van der Waals surface area (Å²) in [5, 5.41) is 9.67. The van der Waals surface area contributed by atoms with Gasteiger partial charge >= 0.3 is 5.69 Å². The lowest BCUT2D eigenvalue weighted by Crippen LogP contribution is -2.28. The molecule has 0 unspecified atom stereocenters. The highest BCUT2D eigenvalue weighted by atomic mass is 32.2. The number of rotatable bonds is 4. The molecule has 4 rings (SSSR count). The normalized spacial score (nSPS) is 11.9. The molecule has 10 nitrogen and oxygen atoms in total. The van der Waals surface area contributed by atoms with Crippen LogP contribution in [0.1, 0.15) is 31.9 Å². The second-order valence-electron chi connectivity index (χ2n) is 9.09. The summed E-state index contributed by atoms with van der Waals surface area (Å²) in [6.45, 7) is 6.06. The van der Waals surface area contributed by atoms with E-state index in [2.05, 4.69) is 20.8 Å². The Labute approximate surface area is 201 Å². The Morgan fingerprint density at radius 3 is 2.49 bits per heavy atom. The van der Waals surface area contributed by atoms with E-state index in [1.807, 2.05) is 32.9 Å². The maximum Gasteiger partial charge on any atom is 0.332 e. The molecule has 0 bridgehead atoms. The quantitative estimate of drug-likeness (QED) is 0.446. The average molecular weight is 491 g/mol. The second kappa shape index (κ2) is 8.48. The lowest BCUT2D eigenvalue weighted by atomic mass is 9.86. The van der Waals surface area contributed by atoms with Crippen molar-refractivity contribution in [2.45, 2.75) is 26.2 Å².